The van der Waals surface area contributed by atoms with Gasteiger partial charge in [0, 0.05) is 18.0 Å². The minimum atomic E-state index is -4.94. The van der Waals surface area contributed by atoms with E-state index in [1.807, 2.05) is 0 Å². The van der Waals surface area contributed by atoms with Crippen LogP contribution in [0.5, 0.6) is 0 Å². The summed E-state index contributed by atoms with van der Waals surface area (Å²) in [5.74, 6) is 2.70. The molecule has 0 atom stereocenters. The van der Waals surface area contributed by atoms with Crippen LogP contribution in [0.3, 0.4) is 0 Å². The molecule has 1 rings (SSSR count). The van der Waals surface area contributed by atoms with Crippen molar-refractivity contribution in [1.29, 1.82) is 0 Å². The molecule has 0 N–H and O–H groups in total. The minimum absolute atomic E-state index is 0.573. The molecule has 0 aliphatic rings. The van der Waals surface area contributed by atoms with Gasteiger partial charge in [0.15, 0.2) is 0 Å². The molecular formula is C12H18Cl2O5. The molecule has 0 amide bonds. The van der Waals surface area contributed by atoms with E-state index >= 15 is 0 Å². The van der Waals surface area contributed by atoms with Gasteiger partial charge in [0.1, 0.15) is 0 Å². The van der Waals surface area contributed by atoms with Crippen LogP contribution < -0.4 is 18.6 Å². The third kappa shape index (κ3) is 11.1. The van der Waals surface area contributed by atoms with E-state index in [-0.39, 0.29) is 0 Å². The van der Waals surface area contributed by atoms with Crippen LogP contribution in [0.15, 0.2) is 16.5 Å². The summed E-state index contributed by atoms with van der Waals surface area (Å²) in [5.41, 5.74) is 1.17. The minimum Gasteiger partial charge on any atom is -0.222 e. The first-order valence-electron chi connectivity index (χ1n) is 5.92. The number of hydrogen-bond acceptors (Lipinski definition) is 4. The number of aryl methyl sites for hydroxylation is 2. The maximum atomic E-state index is 8.49. The highest BCUT2D eigenvalue weighted by Crippen LogP contribution is 2.15. The fraction of sp³-hybridized carbons (Fsp3) is 0.583. The number of hydrogen-bond donors (Lipinski definition) is 0. The van der Waals surface area contributed by atoms with Crippen LogP contribution in [0.4, 0.5) is 0 Å². The molecule has 0 bridgehead atoms. The van der Waals surface area contributed by atoms with E-state index in [0.29, 0.717) is 5.88 Å². The fourth-order valence-electron chi connectivity index (χ4n) is 1.50. The van der Waals surface area contributed by atoms with E-state index in [1.54, 1.807) is 0 Å². The highest BCUT2D eigenvalue weighted by Gasteiger charge is 2.13. The summed E-state index contributed by atoms with van der Waals surface area (Å²) in [6.07, 6.45) is 4.23. The molecule has 0 spiro atoms. The summed E-state index contributed by atoms with van der Waals surface area (Å²) in [6.45, 7) is 4.31. The Kier molecular flexibility index (Phi) is 9.26. The maximum Gasteiger partial charge on any atom is 0.329 e. The Morgan fingerprint density at radius 2 is 1.37 bits per heavy atom. The zero-order chi connectivity index (χ0) is 14.9. The Hall–Kier alpha value is -0.430. The summed E-state index contributed by atoms with van der Waals surface area (Å²) < 4.78 is 39.7. The number of alkyl halides is 1. The van der Waals surface area contributed by atoms with Crippen LogP contribution in [0, 0.1) is 10.2 Å². The quantitative estimate of drug-likeness (QED) is 0.536. The molecule has 0 aliphatic heterocycles. The average Bonchev–Trinajstić information content (AvgIpc) is 2.27. The van der Waals surface area contributed by atoms with Crippen LogP contribution in [-0.4, -0.2) is 0 Å². The van der Waals surface area contributed by atoms with Gasteiger partial charge in [0.25, 0.3) is 0 Å². The Bertz CT molecular complexity index is 335. The van der Waals surface area contributed by atoms with Crippen LogP contribution in [0.2, 0.25) is 0 Å². The summed E-state index contributed by atoms with van der Waals surface area (Å²) in [6, 6.07) is 4.13. The van der Waals surface area contributed by atoms with Crippen molar-refractivity contribution in [1.82, 2.24) is 0 Å². The van der Waals surface area contributed by atoms with Crippen molar-refractivity contribution in [2.24, 2.45) is 0 Å². The lowest BCUT2D eigenvalue weighted by molar-refractivity contribution is -2.00. The summed E-state index contributed by atoms with van der Waals surface area (Å²) >= 11 is 5.83. The van der Waals surface area contributed by atoms with Gasteiger partial charge in [-0.15, -0.1) is 21.8 Å². The average molecular weight is 313 g/mol. The normalized spacial score (nSPS) is 10.9. The van der Waals surface area contributed by atoms with Crippen molar-refractivity contribution in [3.05, 3.63) is 29.2 Å². The van der Waals surface area contributed by atoms with Crippen molar-refractivity contribution in [2.75, 3.05) is 0 Å². The molecule has 1 aromatic rings. The van der Waals surface area contributed by atoms with Crippen molar-refractivity contribution in [2.45, 2.75) is 45.4 Å². The molecule has 1 heterocycles. The summed E-state index contributed by atoms with van der Waals surface area (Å²) in [4.78, 5) is 0. The molecule has 19 heavy (non-hydrogen) atoms. The lowest BCUT2D eigenvalue weighted by atomic mass is 10.1. The largest absolute Gasteiger partial charge is 0.329 e. The first-order valence-corrected chi connectivity index (χ1v) is 7.69. The van der Waals surface area contributed by atoms with Crippen molar-refractivity contribution >= 4 is 11.6 Å². The van der Waals surface area contributed by atoms with E-state index in [0.717, 1.165) is 37.2 Å². The van der Waals surface area contributed by atoms with Gasteiger partial charge in [-0.3, -0.25) is 0 Å². The van der Waals surface area contributed by atoms with Crippen LogP contribution in [0.1, 0.15) is 43.8 Å². The van der Waals surface area contributed by atoms with Gasteiger partial charge < -0.3 is 0 Å². The van der Waals surface area contributed by atoms with Gasteiger partial charge in [0.05, 0.1) is 12.8 Å². The summed E-state index contributed by atoms with van der Waals surface area (Å²) in [5, 5.41) is 0. The third-order valence-electron chi connectivity index (χ3n) is 2.10. The van der Waals surface area contributed by atoms with Crippen LogP contribution in [-0.2, 0) is 18.7 Å². The highest BCUT2D eigenvalue weighted by molar-refractivity contribution is 6.17. The predicted octanol–water partition coefficient (Wildman–Crippen LogP) is -0.551. The molecular weight excluding hydrogens is 295 g/mol. The molecule has 0 radical (unpaired) electrons. The van der Waals surface area contributed by atoms with E-state index in [2.05, 4.69) is 26.0 Å². The van der Waals surface area contributed by atoms with Gasteiger partial charge in [0.2, 0.25) is 0 Å². The molecule has 0 saturated carbocycles. The lowest BCUT2D eigenvalue weighted by Crippen LogP contribution is -2.68. The van der Waals surface area contributed by atoms with Gasteiger partial charge in [-0.2, -0.15) is 0 Å². The second-order valence-corrected chi connectivity index (χ2v) is 4.93. The van der Waals surface area contributed by atoms with Crippen molar-refractivity contribution in [3.8, 4) is 0 Å². The van der Waals surface area contributed by atoms with E-state index in [4.69, 9.17) is 34.7 Å². The van der Waals surface area contributed by atoms with Gasteiger partial charge in [-0.1, -0.05) is 13.8 Å². The van der Waals surface area contributed by atoms with Gasteiger partial charge in [-0.25, -0.2) is 23.1 Å². The lowest BCUT2D eigenvalue weighted by Gasteiger charge is -2.17. The van der Waals surface area contributed by atoms with E-state index < -0.39 is 10.2 Å². The molecule has 0 saturated heterocycles. The number of halogens is 2. The Labute approximate surface area is 120 Å². The van der Waals surface area contributed by atoms with E-state index in [9.17, 15) is 0 Å². The number of rotatable bonds is 5. The zero-order valence-corrected chi connectivity index (χ0v) is 12.5. The molecule has 0 fully saturated rings. The monoisotopic (exact) mass is 312 g/mol. The molecule has 0 unspecified atom stereocenters. The van der Waals surface area contributed by atoms with Crippen molar-refractivity contribution < 1.29 is 33.3 Å². The topological polar surface area (TPSA) is 104 Å². The molecule has 5 nitrogen and oxygen atoms in total. The SMILES string of the molecule is CCCc1cc(CCl)cc(CCC)[o+]1.[O-][Cl+3]([O-])([O-])[O-]. The molecule has 110 valence electrons. The second-order valence-electron chi connectivity index (χ2n) is 3.91. The fourth-order valence-corrected chi connectivity index (χ4v) is 1.65. The van der Waals surface area contributed by atoms with Gasteiger partial charge >= 0.3 is 11.5 Å². The van der Waals surface area contributed by atoms with Crippen molar-refractivity contribution in [3.63, 3.8) is 0 Å². The smallest absolute Gasteiger partial charge is 0.222 e. The predicted molar refractivity (Wildman–Crippen MR) is 60.7 cm³/mol. The molecule has 0 aliphatic carbocycles. The van der Waals surface area contributed by atoms with E-state index in [1.165, 1.54) is 5.56 Å². The molecule has 0 aromatic carbocycles. The second kappa shape index (κ2) is 9.47. The third-order valence-corrected chi connectivity index (χ3v) is 2.41. The highest BCUT2D eigenvalue weighted by atomic mass is 35.7. The van der Waals surface area contributed by atoms with Crippen LogP contribution in [0.25, 0.3) is 0 Å². The van der Waals surface area contributed by atoms with Gasteiger partial charge in [-0.05, 0) is 18.4 Å². The Morgan fingerprint density at radius 1 is 1.00 bits per heavy atom. The Morgan fingerprint density at radius 3 is 1.63 bits per heavy atom. The summed E-state index contributed by atoms with van der Waals surface area (Å²) in [7, 11) is -4.94. The standard InChI is InChI=1S/C12H18ClO.ClHO4/c1-3-5-11-7-10(9-13)8-12(14-11)6-4-2;2-1(3,4)5/h7-8H,3-6,9H2,1-2H3;(H,2,3,4,5)/q+1;/p-1. The molecule has 7 heteroatoms. The molecule has 1 aromatic heterocycles. The van der Waals surface area contributed by atoms with Crippen LogP contribution >= 0.6 is 11.6 Å². The maximum absolute atomic E-state index is 8.49. The first kappa shape index (κ1) is 18.6. The zero-order valence-electron chi connectivity index (χ0n) is 11.0. The first-order chi connectivity index (χ1) is 8.80. The Balaban J connectivity index is 0.000000555.